The Morgan fingerprint density at radius 1 is 0.525 bits per heavy atom. The van der Waals surface area contributed by atoms with Crippen LogP contribution in [0.3, 0.4) is 0 Å². The summed E-state index contributed by atoms with van der Waals surface area (Å²) >= 11 is 0. The van der Waals surface area contributed by atoms with Crippen molar-refractivity contribution in [1.82, 2.24) is 0 Å². The lowest BCUT2D eigenvalue weighted by molar-refractivity contribution is 0.616. The van der Waals surface area contributed by atoms with Crippen molar-refractivity contribution in [3.05, 3.63) is 133 Å². The predicted octanol–water partition coefficient (Wildman–Crippen LogP) is 11.1. The number of hydrogen-bond acceptors (Lipinski definition) is 2. The number of para-hydroxylation sites is 1. The van der Waals surface area contributed by atoms with Gasteiger partial charge in [0.05, 0.1) is 32.2 Å². The maximum absolute atomic E-state index is 9.40. The zero-order chi connectivity index (χ0) is 39.3. The third-order valence-electron chi connectivity index (χ3n) is 7.22. The SMILES string of the molecule is [2H]c1c([2H])c([2H])c2c([2H])c(-c3c4c([2H])c([2H])c([2H])c([2H])c4c(-c4cc5c6ccccc6oc5c5ccoc45)c4c([2H])c([2H])c([2H])c([2H])c34)c([2H])c([2H])c2c1[2H]. The summed E-state index contributed by atoms with van der Waals surface area (Å²) in [6, 6.07) is 0.245. The van der Waals surface area contributed by atoms with E-state index >= 15 is 0 Å². The molecule has 9 rings (SSSR count). The summed E-state index contributed by atoms with van der Waals surface area (Å²) in [6.07, 6.45) is 1.40. The molecular formula is C38H22O2. The number of rotatable bonds is 2. The van der Waals surface area contributed by atoms with Crippen molar-refractivity contribution in [2.24, 2.45) is 0 Å². The highest BCUT2D eigenvalue weighted by Crippen LogP contribution is 2.48. The van der Waals surface area contributed by atoms with E-state index in [9.17, 15) is 8.22 Å². The van der Waals surface area contributed by atoms with E-state index in [1.807, 2.05) is 12.1 Å². The van der Waals surface area contributed by atoms with E-state index in [4.69, 9.17) is 21.2 Å². The van der Waals surface area contributed by atoms with E-state index in [2.05, 4.69) is 0 Å². The molecule has 0 bridgehead atoms. The molecule has 0 spiro atoms. The van der Waals surface area contributed by atoms with Gasteiger partial charge in [0.25, 0.3) is 0 Å². The van der Waals surface area contributed by atoms with Crippen molar-refractivity contribution in [3.63, 3.8) is 0 Å². The molecule has 0 radical (unpaired) electrons. The Balaban J connectivity index is 1.63. The predicted molar refractivity (Wildman–Crippen MR) is 167 cm³/mol. The molecule has 40 heavy (non-hydrogen) atoms. The number of fused-ring (bicyclic) bond motifs is 8. The Kier molecular flexibility index (Phi) is 2.39. The molecule has 0 aliphatic rings. The molecule has 186 valence electrons. The van der Waals surface area contributed by atoms with Crippen LogP contribution in [0.4, 0.5) is 0 Å². The van der Waals surface area contributed by atoms with Crippen LogP contribution < -0.4 is 0 Å². The van der Waals surface area contributed by atoms with Gasteiger partial charge in [-0.05, 0) is 67.7 Å². The van der Waals surface area contributed by atoms with Gasteiger partial charge in [0.2, 0.25) is 0 Å². The van der Waals surface area contributed by atoms with Gasteiger partial charge in [-0.3, -0.25) is 0 Å². The van der Waals surface area contributed by atoms with E-state index in [1.165, 1.54) is 6.26 Å². The second kappa shape index (κ2) is 8.08. The maximum Gasteiger partial charge on any atom is 0.146 e. The quantitative estimate of drug-likeness (QED) is 0.210. The molecule has 2 aromatic heterocycles. The van der Waals surface area contributed by atoms with Crippen LogP contribution in [0.1, 0.15) is 20.6 Å². The first-order valence-electron chi connectivity index (χ1n) is 19.9. The summed E-state index contributed by atoms with van der Waals surface area (Å²) < 4.78 is 146. The van der Waals surface area contributed by atoms with Gasteiger partial charge in [-0.25, -0.2) is 0 Å². The minimum atomic E-state index is -0.752. The first kappa shape index (κ1) is 11.8. The van der Waals surface area contributed by atoms with E-state index < -0.39 is 113 Å². The Morgan fingerprint density at radius 2 is 1.20 bits per heavy atom. The summed E-state index contributed by atoms with van der Waals surface area (Å²) in [5.41, 5.74) is 0.406. The highest BCUT2D eigenvalue weighted by Gasteiger charge is 2.22. The molecule has 9 aromatic rings. The van der Waals surface area contributed by atoms with E-state index in [0.717, 1.165) is 0 Å². The molecule has 0 N–H and O–H groups in total. The Morgan fingerprint density at radius 3 is 1.98 bits per heavy atom. The van der Waals surface area contributed by atoms with E-state index in [-0.39, 0.29) is 38.3 Å². The first-order valence-corrected chi connectivity index (χ1v) is 12.4. The number of furan rings is 2. The fourth-order valence-corrected chi connectivity index (χ4v) is 5.55. The molecule has 0 unspecified atom stereocenters. The average molecular weight is 526 g/mol. The smallest absolute Gasteiger partial charge is 0.146 e. The standard InChI is InChI=1S/C38H22O2/c1-2-10-24-21-25(18-17-23(24)9-1)35-27-12-3-5-14-29(27)36(30-15-6-4-13-28(30)35)33-22-32-26-11-7-8-16-34(26)40-38(32)31-19-20-39-37(31)33/h1-22H/i1D,2D,3D,4D,5D,6D,9D,10D,12D,13D,14D,15D,17D,18D,21D. The maximum atomic E-state index is 9.40. The molecule has 0 fully saturated rings. The van der Waals surface area contributed by atoms with E-state index in [0.29, 0.717) is 27.3 Å². The van der Waals surface area contributed by atoms with Crippen LogP contribution in [-0.2, 0) is 0 Å². The molecule has 0 saturated carbocycles. The molecule has 0 amide bonds. The van der Waals surface area contributed by atoms with Gasteiger partial charge in [0.1, 0.15) is 16.7 Å². The van der Waals surface area contributed by atoms with Crippen molar-refractivity contribution in [2.45, 2.75) is 0 Å². The van der Waals surface area contributed by atoms with Crippen LogP contribution in [0.15, 0.2) is 142 Å². The molecular weight excluding hydrogens is 488 g/mol. The largest absolute Gasteiger partial charge is 0.464 e. The van der Waals surface area contributed by atoms with Crippen molar-refractivity contribution in [2.75, 3.05) is 0 Å². The number of benzene rings is 7. The second-order valence-electron chi connectivity index (χ2n) is 9.31. The Bertz CT molecular complexity index is 3190. The highest BCUT2D eigenvalue weighted by atomic mass is 16.3. The fourth-order valence-electron chi connectivity index (χ4n) is 5.55. The zero-order valence-electron chi connectivity index (χ0n) is 35.4. The fraction of sp³-hybridized carbons (Fsp3) is 0. The lowest BCUT2D eigenvalue weighted by Crippen LogP contribution is -1.91. The first-order chi connectivity index (χ1) is 26.1. The van der Waals surface area contributed by atoms with Crippen molar-refractivity contribution < 1.29 is 29.4 Å². The average Bonchev–Trinajstić information content (AvgIpc) is 3.82. The molecule has 0 atom stereocenters. The molecule has 0 aliphatic carbocycles. The van der Waals surface area contributed by atoms with Crippen molar-refractivity contribution in [3.8, 4) is 22.3 Å². The molecule has 0 saturated heterocycles. The van der Waals surface area contributed by atoms with Gasteiger partial charge in [-0.15, -0.1) is 0 Å². The van der Waals surface area contributed by atoms with Gasteiger partial charge in [-0.2, -0.15) is 0 Å². The van der Waals surface area contributed by atoms with Crippen LogP contribution in [0.5, 0.6) is 0 Å². The second-order valence-corrected chi connectivity index (χ2v) is 9.31. The van der Waals surface area contributed by atoms with Crippen LogP contribution in [0, 0.1) is 0 Å². The van der Waals surface area contributed by atoms with Gasteiger partial charge < -0.3 is 8.83 Å². The minimum Gasteiger partial charge on any atom is -0.464 e. The van der Waals surface area contributed by atoms with Gasteiger partial charge in [0.15, 0.2) is 0 Å². The van der Waals surface area contributed by atoms with Crippen LogP contribution in [-0.4, -0.2) is 0 Å². The molecule has 7 aromatic carbocycles. The number of hydrogen-bond donors (Lipinski definition) is 0. The third kappa shape index (κ3) is 2.93. The molecule has 2 heteroatoms. The lowest BCUT2D eigenvalue weighted by Gasteiger charge is -2.18. The third-order valence-corrected chi connectivity index (χ3v) is 7.22. The topological polar surface area (TPSA) is 26.3 Å². The molecule has 2 heterocycles. The Hall–Kier alpha value is -5.34. The molecule has 0 aliphatic heterocycles. The van der Waals surface area contributed by atoms with Crippen LogP contribution in [0.25, 0.3) is 87.5 Å². The normalized spacial score (nSPS) is 17.2. The summed E-state index contributed by atoms with van der Waals surface area (Å²) in [5, 5.41) is -0.252. The summed E-state index contributed by atoms with van der Waals surface area (Å²) in [7, 11) is 0. The zero-order valence-corrected chi connectivity index (χ0v) is 20.4. The van der Waals surface area contributed by atoms with Crippen LogP contribution >= 0.6 is 0 Å². The summed E-state index contributed by atoms with van der Waals surface area (Å²) in [5.74, 6) is 0. The van der Waals surface area contributed by atoms with Crippen molar-refractivity contribution in [1.29, 1.82) is 0 Å². The molecule has 2 nitrogen and oxygen atoms in total. The highest BCUT2D eigenvalue weighted by molar-refractivity contribution is 6.26. The lowest BCUT2D eigenvalue weighted by atomic mass is 9.85. The Labute approximate surface area is 250 Å². The monoisotopic (exact) mass is 525 g/mol. The van der Waals surface area contributed by atoms with Gasteiger partial charge in [-0.1, -0.05) is 103 Å². The van der Waals surface area contributed by atoms with Gasteiger partial charge >= 0.3 is 0 Å². The van der Waals surface area contributed by atoms with Gasteiger partial charge in [0, 0.05) is 21.9 Å². The summed E-state index contributed by atoms with van der Waals surface area (Å²) in [4.78, 5) is 0. The van der Waals surface area contributed by atoms with Crippen molar-refractivity contribution >= 4 is 65.2 Å². The summed E-state index contributed by atoms with van der Waals surface area (Å²) in [6.45, 7) is 0. The van der Waals surface area contributed by atoms with E-state index in [1.54, 1.807) is 24.3 Å². The van der Waals surface area contributed by atoms with Crippen LogP contribution in [0.2, 0.25) is 0 Å². The minimum absolute atomic E-state index is 0.0493.